The lowest BCUT2D eigenvalue weighted by atomic mass is 10.2. The van der Waals surface area contributed by atoms with E-state index in [0.29, 0.717) is 0 Å². The number of nitrogens with one attached hydrogen (secondary N) is 2. The lowest BCUT2D eigenvalue weighted by Gasteiger charge is -2.08. The molecule has 0 fully saturated rings. The summed E-state index contributed by atoms with van der Waals surface area (Å²) in [6, 6.07) is 4.98. The summed E-state index contributed by atoms with van der Waals surface area (Å²) < 4.78 is 42.6. The van der Waals surface area contributed by atoms with Gasteiger partial charge in [-0.05, 0) is 35.7 Å². The Morgan fingerprint density at radius 2 is 1.83 bits per heavy atom. The van der Waals surface area contributed by atoms with Gasteiger partial charge in [-0.1, -0.05) is 5.10 Å². The van der Waals surface area contributed by atoms with Crippen molar-refractivity contribution in [3.05, 3.63) is 46.7 Å². The van der Waals surface area contributed by atoms with Crippen molar-refractivity contribution < 1.29 is 22.4 Å². The van der Waals surface area contributed by atoms with Gasteiger partial charge in [0.15, 0.2) is 0 Å². The minimum absolute atomic E-state index is 0.124. The number of carbonyl (C=O) groups excluding carboxylic acids is 1. The Morgan fingerprint density at radius 1 is 1.08 bits per heavy atom. The molecular weight excluding hydrogens is 345 g/mol. The summed E-state index contributed by atoms with van der Waals surface area (Å²) in [5.41, 5.74) is 0.118. The Morgan fingerprint density at radius 3 is 2.46 bits per heavy atom. The van der Waals surface area contributed by atoms with E-state index in [1.807, 2.05) is 5.38 Å². The quantitative estimate of drug-likeness (QED) is 0.728. The molecule has 2 N–H and O–H groups in total. The first-order valence-corrected chi connectivity index (χ1v) is 7.47. The maximum Gasteiger partial charge on any atom is 0.416 e. The minimum atomic E-state index is -4.43. The fourth-order valence-corrected chi connectivity index (χ4v) is 2.41. The van der Waals surface area contributed by atoms with Crippen LogP contribution in [0.2, 0.25) is 0 Å². The Kier molecular flexibility index (Phi) is 4.21. The first-order valence-electron chi connectivity index (χ1n) is 6.53. The van der Waals surface area contributed by atoms with Crippen molar-refractivity contribution in [3.8, 4) is 11.5 Å². The van der Waals surface area contributed by atoms with Crippen LogP contribution in [0, 0.1) is 0 Å². The number of urea groups is 1. The van der Waals surface area contributed by atoms with Crippen LogP contribution >= 0.6 is 11.3 Å². The molecule has 3 rings (SSSR count). The van der Waals surface area contributed by atoms with Crippen LogP contribution in [0.4, 0.5) is 29.7 Å². The third-order valence-electron chi connectivity index (χ3n) is 2.88. The van der Waals surface area contributed by atoms with Crippen molar-refractivity contribution in [3.63, 3.8) is 0 Å². The first-order chi connectivity index (χ1) is 11.4. The average molecular weight is 354 g/mol. The zero-order valence-corrected chi connectivity index (χ0v) is 12.6. The molecule has 6 nitrogen and oxygen atoms in total. The Bertz CT molecular complexity index is 829. The van der Waals surface area contributed by atoms with Crippen LogP contribution in [-0.2, 0) is 6.18 Å². The van der Waals surface area contributed by atoms with E-state index in [1.165, 1.54) is 11.3 Å². The highest BCUT2D eigenvalue weighted by atomic mass is 32.1. The van der Waals surface area contributed by atoms with Gasteiger partial charge in [-0.3, -0.25) is 5.32 Å². The van der Waals surface area contributed by atoms with Crippen LogP contribution in [0.15, 0.2) is 45.5 Å². The molecule has 3 aromatic rings. The smallest absolute Gasteiger partial charge is 0.403 e. The molecule has 0 saturated heterocycles. The summed E-state index contributed by atoms with van der Waals surface area (Å²) in [4.78, 5) is 11.8. The van der Waals surface area contributed by atoms with Gasteiger partial charge in [0, 0.05) is 16.6 Å². The highest BCUT2D eigenvalue weighted by Crippen LogP contribution is 2.29. The summed E-state index contributed by atoms with van der Waals surface area (Å²) in [5.74, 6) is 0.251. The second kappa shape index (κ2) is 6.32. The van der Waals surface area contributed by atoms with Crippen molar-refractivity contribution in [2.45, 2.75) is 6.18 Å². The van der Waals surface area contributed by atoms with Crippen molar-refractivity contribution >= 4 is 29.1 Å². The molecule has 2 aromatic heterocycles. The fraction of sp³-hybridized carbons (Fsp3) is 0.0714. The largest absolute Gasteiger partial charge is 0.416 e. The highest BCUT2D eigenvalue weighted by Gasteiger charge is 2.30. The molecule has 0 radical (unpaired) electrons. The number of carbonyl (C=O) groups is 1. The molecule has 10 heteroatoms. The van der Waals surface area contributed by atoms with E-state index < -0.39 is 17.8 Å². The number of thiophene rings is 1. The number of alkyl halides is 3. The van der Waals surface area contributed by atoms with Gasteiger partial charge in [0.05, 0.1) is 5.56 Å². The van der Waals surface area contributed by atoms with Gasteiger partial charge in [-0.15, -0.1) is 5.10 Å². The molecule has 0 unspecified atom stereocenters. The van der Waals surface area contributed by atoms with Crippen LogP contribution in [0.3, 0.4) is 0 Å². The van der Waals surface area contributed by atoms with Gasteiger partial charge in [0.25, 0.3) is 5.89 Å². The molecule has 0 aliphatic rings. The number of halogens is 3. The Labute approximate surface area is 137 Å². The number of hydrogen-bond donors (Lipinski definition) is 2. The van der Waals surface area contributed by atoms with Crippen molar-refractivity contribution in [2.75, 3.05) is 10.6 Å². The van der Waals surface area contributed by atoms with Crippen LogP contribution in [-0.4, -0.2) is 16.2 Å². The van der Waals surface area contributed by atoms with Crippen LogP contribution < -0.4 is 10.6 Å². The SMILES string of the molecule is O=C(Nc1ccc(C(F)(F)F)cc1)Nc1nnc(-c2ccsc2)o1. The van der Waals surface area contributed by atoms with Gasteiger partial charge in [-0.25, -0.2) is 4.79 Å². The van der Waals surface area contributed by atoms with Crippen molar-refractivity contribution in [1.82, 2.24) is 10.2 Å². The molecule has 0 bridgehead atoms. The number of aromatic nitrogens is 2. The van der Waals surface area contributed by atoms with E-state index in [4.69, 9.17) is 4.42 Å². The standard InChI is InChI=1S/C14H9F3N4O2S/c15-14(16,17)9-1-3-10(4-2-9)18-12(22)19-13-21-20-11(23-13)8-5-6-24-7-8/h1-7H,(H2,18,19,21,22). The van der Waals surface area contributed by atoms with Crippen LogP contribution in [0.1, 0.15) is 5.56 Å². The van der Waals surface area contributed by atoms with Crippen molar-refractivity contribution in [1.29, 1.82) is 0 Å². The van der Waals surface area contributed by atoms with E-state index in [-0.39, 0.29) is 17.6 Å². The number of rotatable bonds is 3. The molecule has 0 spiro atoms. The topological polar surface area (TPSA) is 80.0 Å². The first kappa shape index (κ1) is 16.0. The van der Waals surface area contributed by atoms with E-state index in [0.717, 1.165) is 29.8 Å². The number of hydrogen-bond acceptors (Lipinski definition) is 5. The maximum absolute atomic E-state index is 12.5. The summed E-state index contributed by atoms with van der Waals surface area (Å²) in [6.45, 7) is 0. The molecular formula is C14H9F3N4O2S. The van der Waals surface area contributed by atoms with E-state index in [2.05, 4.69) is 20.8 Å². The molecule has 0 aliphatic heterocycles. The predicted molar refractivity (Wildman–Crippen MR) is 81.7 cm³/mol. The number of benzene rings is 1. The van der Waals surface area contributed by atoms with E-state index in [9.17, 15) is 18.0 Å². The molecule has 2 amide bonds. The summed E-state index contributed by atoms with van der Waals surface area (Å²) >= 11 is 1.45. The minimum Gasteiger partial charge on any atom is -0.403 e. The van der Waals surface area contributed by atoms with Gasteiger partial charge < -0.3 is 9.73 Å². The third-order valence-corrected chi connectivity index (χ3v) is 3.57. The van der Waals surface area contributed by atoms with Gasteiger partial charge in [-0.2, -0.15) is 24.5 Å². The molecule has 0 saturated carbocycles. The maximum atomic E-state index is 12.5. The van der Waals surface area contributed by atoms with Gasteiger partial charge >= 0.3 is 18.2 Å². The Hall–Kier alpha value is -2.88. The summed E-state index contributed by atoms with van der Waals surface area (Å²) in [7, 11) is 0. The Balaban J connectivity index is 1.62. The number of anilines is 2. The molecule has 24 heavy (non-hydrogen) atoms. The van der Waals surface area contributed by atoms with Crippen LogP contribution in [0.5, 0.6) is 0 Å². The zero-order chi connectivity index (χ0) is 17.2. The van der Waals surface area contributed by atoms with Gasteiger partial charge in [0.2, 0.25) is 0 Å². The molecule has 1 aromatic carbocycles. The lowest BCUT2D eigenvalue weighted by Crippen LogP contribution is -2.19. The van der Waals surface area contributed by atoms with Crippen molar-refractivity contribution in [2.24, 2.45) is 0 Å². The normalized spacial score (nSPS) is 11.3. The second-order valence-corrected chi connectivity index (χ2v) is 5.36. The predicted octanol–water partition coefficient (Wildman–Crippen LogP) is 4.46. The van der Waals surface area contributed by atoms with E-state index in [1.54, 1.807) is 11.4 Å². The van der Waals surface area contributed by atoms with Gasteiger partial charge in [0.1, 0.15) is 0 Å². The fourth-order valence-electron chi connectivity index (χ4n) is 1.78. The number of amides is 2. The third kappa shape index (κ3) is 3.71. The molecule has 2 heterocycles. The number of nitrogens with zero attached hydrogens (tertiary/aromatic N) is 2. The molecule has 124 valence electrons. The molecule has 0 atom stereocenters. The molecule has 0 aliphatic carbocycles. The zero-order valence-electron chi connectivity index (χ0n) is 11.8. The lowest BCUT2D eigenvalue weighted by molar-refractivity contribution is -0.137. The summed E-state index contributed by atoms with van der Waals surface area (Å²) in [6.07, 6.45) is -4.43. The van der Waals surface area contributed by atoms with Crippen LogP contribution in [0.25, 0.3) is 11.5 Å². The average Bonchev–Trinajstić information content (AvgIpc) is 3.17. The van der Waals surface area contributed by atoms with E-state index >= 15 is 0 Å². The second-order valence-electron chi connectivity index (χ2n) is 4.58. The monoisotopic (exact) mass is 354 g/mol. The highest BCUT2D eigenvalue weighted by molar-refractivity contribution is 7.08. The summed E-state index contributed by atoms with van der Waals surface area (Å²) in [5, 5.41) is 15.8.